The molecule has 0 N–H and O–H groups in total. The summed E-state index contributed by atoms with van der Waals surface area (Å²) in [6, 6.07) is 0. The lowest BCUT2D eigenvalue weighted by Crippen LogP contribution is -2.54. The van der Waals surface area contributed by atoms with E-state index in [0.29, 0.717) is 0 Å². The Morgan fingerprint density at radius 2 is 1.50 bits per heavy atom. The average Bonchev–Trinajstić information content (AvgIpc) is 3.00. The predicted molar refractivity (Wildman–Crippen MR) is 99.4 cm³/mol. The van der Waals surface area contributed by atoms with Crippen molar-refractivity contribution in [3.05, 3.63) is 11.6 Å². The van der Waals surface area contributed by atoms with Crippen LogP contribution < -0.4 is 0 Å². The van der Waals surface area contributed by atoms with E-state index in [9.17, 15) is 0 Å². The van der Waals surface area contributed by atoms with E-state index in [1.165, 1.54) is 55.8 Å². The summed E-state index contributed by atoms with van der Waals surface area (Å²) in [7, 11) is 0. The van der Waals surface area contributed by atoms with E-state index in [1.807, 2.05) is 5.57 Å². The van der Waals surface area contributed by atoms with Gasteiger partial charge in [0.05, 0.1) is 0 Å². The highest BCUT2D eigenvalue weighted by Crippen LogP contribution is 2.70. The predicted octanol–water partition coefficient (Wildman–Crippen LogP) is 6.32. The normalized spacial score (nSPS) is 60.9. The van der Waals surface area contributed by atoms with E-state index in [4.69, 9.17) is 0 Å². The quantitative estimate of drug-likeness (QED) is 0.521. The van der Waals surface area contributed by atoms with Gasteiger partial charge in [-0.15, -0.1) is 0 Å². The first-order chi connectivity index (χ1) is 11.7. The van der Waals surface area contributed by atoms with Crippen LogP contribution in [0.1, 0.15) is 71.6 Å². The van der Waals surface area contributed by atoms with Crippen LogP contribution in [0, 0.1) is 65.1 Å². The van der Waals surface area contributed by atoms with Crippen LogP contribution in [-0.2, 0) is 0 Å². The average molecular weight is 325 g/mol. The SMILES string of the molecule is CC1CC2C3CC[C@H]3C2C1C1CC[C@H](C)C1C1C=C2CCC2CC1. The van der Waals surface area contributed by atoms with Crippen LogP contribution >= 0.6 is 0 Å². The van der Waals surface area contributed by atoms with Crippen molar-refractivity contribution in [2.24, 2.45) is 65.1 Å². The number of hydrogen-bond acceptors (Lipinski definition) is 0. The summed E-state index contributed by atoms with van der Waals surface area (Å²) >= 11 is 0. The van der Waals surface area contributed by atoms with Crippen molar-refractivity contribution >= 4 is 0 Å². The second kappa shape index (κ2) is 5.14. The summed E-state index contributed by atoms with van der Waals surface area (Å²) in [4.78, 5) is 0. The molecule has 0 radical (unpaired) electrons. The second-order valence-corrected chi connectivity index (χ2v) is 11.0. The van der Waals surface area contributed by atoms with Crippen LogP contribution in [0.4, 0.5) is 0 Å². The molecule has 0 aliphatic heterocycles. The Labute approximate surface area is 148 Å². The monoisotopic (exact) mass is 324 g/mol. The number of allylic oxidation sites excluding steroid dienone is 2. The highest BCUT2D eigenvalue weighted by molar-refractivity contribution is 5.21. The minimum atomic E-state index is 0.961. The van der Waals surface area contributed by atoms with Gasteiger partial charge in [-0.3, -0.25) is 0 Å². The summed E-state index contributed by atoms with van der Waals surface area (Å²) in [5.41, 5.74) is 1.88. The van der Waals surface area contributed by atoms with Crippen LogP contribution in [0.3, 0.4) is 0 Å². The van der Waals surface area contributed by atoms with Gasteiger partial charge in [-0.1, -0.05) is 31.9 Å². The molecule has 0 nitrogen and oxygen atoms in total. The second-order valence-electron chi connectivity index (χ2n) is 11.0. The Morgan fingerprint density at radius 1 is 0.667 bits per heavy atom. The van der Waals surface area contributed by atoms with E-state index in [1.54, 1.807) is 25.7 Å². The Hall–Kier alpha value is -0.260. The number of hydrogen-bond donors (Lipinski definition) is 0. The molecule has 0 heterocycles. The largest absolute Gasteiger partial charge is 0.0816 e. The van der Waals surface area contributed by atoms with Gasteiger partial charge < -0.3 is 0 Å². The maximum atomic E-state index is 2.82. The fourth-order valence-corrected chi connectivity index (χ4v) is 9.17. The van der Waals surface area contributed by atoms with Gasteiger partial charge in [0.25, 0.3) is 0 Å². The van der Waals surface area contributed by atoms with Crippen molar-refractivity contribution < 1.29 is 0 Å². The topological polar surface area (TPSA) is 0 Å². The molecule has 5 fully saturated rings. The van der Waals surface area contributed by atoms with Crippen LogP contribution in [0.2, 0.25) is 0 Å². The zero-order chi connectivity index (χ0) is 16.0. The summed E-state index contributed by atoms with van der Waals surface area (Å²) in [5.74, 6) is 12.0. The highest BCUT2D eigenvalue weighted by atomic mass is 14.7. The molecule has 0 amide bonds. The van der Waals surface area contributed by atoms with Gasteiger partial charge in [0.1, 0.15) is 0 Å². The zero-order valence-corrected chi connectivity index (χ0v) is 15.8. The first kappa shape index (κ1) is 14.9. The van der Waals surface area contributed by atoms with Gasteiger partial charge in [0.2, 0.25) is 0 Å². The lowest BCUT2D eigenvalue weighted by molar-refractivity contribution is -0.113. The summed E-state index contributed by atoms with van der Waals surface area (Å²) in [6.45, 7) is 5.25. The molecule has 0 aromatic carbocycles. The molecule has 0 spiro atoms. The fourth-order valence-electron chi connectivity index (χ4n) is 9.17. The minimum absolute atomic E-state index is 0.961. The standard InChI is InChI=1S/C24H36/c1-13-3-8-20(22(13)17-7-5-15-4-6-16(15)12-17)23-14(2)11-21-18-9-10-19(18)24(21)23/h12-15,17-24H,3-11H2,1-2H3/t13-,14?,15?,17?,18?,19+,20?,21?,22?,23?,24?/m0/s1. The molecule has 0 bridgehead atoms. The van der Waals surface area contributed by atoms with E-state index in [0.717, 1.165) is 41.4 Å². The third-order valence-electron chi connectivity index (χ3n) is 10.3. The third-order valence-corrected chi connectivity index (χ3v) is 10.3. The maximum Gasteiger partial charge on any atom is -0.0197 e. The number of rotatable bonds is 2. The molecule has 5 saturated carbocycles. The molecule has 0 aromatic rings. The van der Waals surface area contributed by atoms with Gasteiger partial charge in [-0.2, -0.15) is 0 Å². The van der Waals surface area contributed by atoms with Gasteiger partial charge in [-0.25, -0.2) is 0 Å². The Kier molecular flexibility index (Phi) is 3.18. The first-order valence-electron chi connectivity index (χ1n) is 11.4. The van der Waals surface area contributed by atoms with Gasteiger partial charge in [0.15, 0.2) is 0 Å². The van der Waals surface area contributed by atoms with Gasteiger partial charge in [0, 0.05) is 0 Å². The minimum Gasteiger partial charge on any atom is -0.0816 e. The summed E-state index contributed by atoms with van der Waals surface area (Å²) in [6.07, 6.45) is 16.7. The lowest BCUT2D eigenvalue weighted by atomic mass is 9.45. The Balaban J connectivity index is 1.28. The van der Waals surface area contributed by atoms with Crippen molar-refractivity contribution in [1.29, 1.82) is 0 Å². The van der Waals surface area contributed by atoms with Crippen molar-refractivity contribution in [2.45, 2.75) is 71.6 Å². The molecule has 6 aliphatic carbocycles. The van der Waals surface area contributed by atoms with E-state index in [-0.39, 0.29) is 0 Å². The summed E-state index contributed by atoms with van der Waals surface area (Å²) < 4.78 is 0. The molecule has 6 aliphatic rings. The highest BCUT2D eigenvalue weighted by Gasteiger charge is 2.64. The molecular weight excluding hydrogens is 288 g/mol. The number of fused-ring (bicyclic) bond motifs is 5. The van der Waals surface area contributed by atoms with E-state index < -0.39 is 0 Å². The molecule has 11 atom stereocenters. The molecular formula is C24H36. The molecule has 9 unspecified atom stereocenters. The smallest absolute Gasteiger partial charge is 0.0197 e. The fraction of sp³-hybridized carbons (Fsp3) is 0.917. The van der Waals surface area contributed by atoms with Crippen molar-refractivity contribution in [1.82, 2.24) is 0 Å². The molecule has 6 rings (SSSR count). The zero-order valence-electron chi connectivity index (χ0n) is 15.8. The van der Waals surface area contributed by atoms with Gasteiger partial charge >= 0.3 is 0 Å². The first-order valence-corrected chi connectivity index (χ1v) is 11.4. The van der Waals surface area contributed by atoms with Gasteiger partial charge in [-0.05, 0) is 116 Å². The summed E-state index contributed by atoms with van der Waals surface area (Å²) in [5, 5.41) is 0. The Bertz CT molecular complexity index is 558. The lowest BCUT2D eigenvalue weighted by Gasteiger charge is -2.60. The van der Waals surface area contributed by atoms with Crippen LogP contribution in [0.25, 0.3) is 0 Å². The third kappa shape index (κ3) is 1.82. The van der Waals surface area contributed by atoms with Crippen LogP contribution in [0.15, 0.2) is 11.6 Å². The molecule has 0 heteroatoms. The molecule has 132 valence electrons. The van der Waals surface area contributed by atoms with Crippen LogP contribution in [-0.4, -0.2) is 0 Å². The van der Waals surface area contributed by atoms with E-state index in [2.05, 4.69) is 19.9 Å². The van der Waals surface area contributed by atoms with E-state index >= 15 is 0 Å². The van der Waals surface area contributed by atoms with Crippen molar-refractivity contribution in [3.63, 3.8) is 0 Å². The van der Waals surface area contributed by atoms with Crippen molar-refractivity contribution in [2.75, 3.05) is 0 Å². The van der Waals surface area contributed by atoms with Crippen LogP contribution in [0.5, 0.6) is 0 Å². The molecule has 24 heavy (non-hydrogen) atoms. The molecule has 0 saturated heterocycles. The Morgan fingerprint density at radius 3 is 2.21 bits per heavy atom. The van der Waals surface area contributed by atoms with Crippen molar-refractivity contribution in [3.8, 4) is 0 Å². The molecule has 0 aromatic heterocycles. The maximum absolute atomic E-state index is 2.82.